The third-order valence-electron chi connectivity index (χ3n) is 10.6. The molecule has 0 saturated carbocycles. The van der Waals surface area contributed by atoms with Crippen LogP contribution in [0.15, 0.2) is 25.3 Å². The van der Waals surface area contributed by atoms with Gasteiger partial charge in [-0.1, -0.05) is 27.7 Å². The molecular weight excluding hydrogens is 872 g/mol. The normalized spacial score (nSPS) is 30.6. The standard InChI is InChI=1S/C34H46F2N10O14P2/c1-5-17(6-2)33(47)51-15-55-61(49)53-9-19-26(22(36)32(57-19)46-14-44-24-28(38)40-12-42-30(24)46)60-62(50,56-16-52-34(48)18(7-3)8-4)54-10-20-25(59-61)21(35)31(58-20)45-13-43-23-27(37)39-11-41-29(23)45/h11-14,17-22,25-26,31-32H,5-10,15-16H2,1-4H3,(H2,37,39,41)(H2,38,40,42)/t19-,20-,21-,22-,25-,26-,31-,32-,61-,62+/m1/s1. The zero-order chi connectivity index (χ0) is 44.3. The number of halogens is 2. The fourth-order valence-corrected chi connectivity index (χ4v) is 9.59. The first-order chi connectivity index (χ1) is 29.7. The van der Waals surface area contributed by atoms with Crippen molar-refractivity contribution in [3.63, 3.8) is 0 Å². The Hall–Kier alpha value is -4.36. The fraction of sp³-hybridized carbons (Fsp3) is 0.647. The van der Waals surface area contributed by atoms with E-state index in [0.29, 0.717) is 25.7 Å². The lowest BCUT2D eigenvalue weighted by atomic mass is 10.0. The highest BCUT2D eigenvalue weighted by molar-refractivity contribution is 7.48. The number of esters is 2. The van der Waals surface area contributed by atoms with Crippen molar-refractivity contribution in [1.82, 2.24) is 39.0 Å². The van der Waals surface area contributed by atoms with E-state index in [2.05, 4.69) is 29.9 Å². The van der Waals surface area contributed by atoms with Crippen molar-refractivity contribution in [2.24, 2.45) is 11.8 Å². The summed E-state index contributed by atoms with van der Waals surface area (Å²) in [6.45, 7) is 3.27. The van der Waals surface area contributed by atoms with Gasteiger partial charge in [-0.05, 0) is 25.7 Å². The maximum absolute atomic E-state index is 16.9. The number of fused-ring (bicyclic) bond motifs is 4. The number of ether oxygens (including phenoxy) is 4. The molecule has 4 N–H and O–H groups in total. The van der Waals surface area contributed by atoms with E-state index in [9.17, 15) is 18.7 Å². The second kappa shape index (κ2) is 19.2. The molecular formula is C34H46F2N10O14P2. The average Bonchev–Trinajstić information content (AvgIpc) is 4.02. The van der Waals surface area contributed by atoms with Crippen molar-refractivity contribution in [3.05, 3.63) is 25.3 Å². The molecule has 0 amide bonds. The largest absolute Gasteiger partial charge is 0.478 e. The lowest BCUT2D eigenvalue weighted by molar-refractivity contribution is -0.157. The van der Waals surface area contributed by atoms with E-state index in [0.717, 1.165) is 34.4 Å². The summed E-state index contributed by atoms with van der Waals surface area (Å²) in [6, 6.07) is 0. The Bertz CT molecular complexity index is 2160. The van der Waals surface area contributed by atoms with E-state index in [1.165, 1.54) is 0 Å². The average molecular weight is 919 g/mol. The minimum Gasteiger partial charge on any atom is -0.438 e. The predicted octanol–water partition coefficient (Wildman–Crippen LogP) is 4.24. The zero-order valence-electron chi connectivity index (χ0n) is 33.8. The molecule has 0 aromatic carbocycles. The second-order valence-electron chi connectivity index (χ2n) is 14.3. The van der Waals surface area contributed by atoms with Crippen LogP contribution in [0, 0.1) is 11.8 Å². The molecule has 3 saturated heterocycles. The number of nitrogens with two attached hydrogens (primary N) is 2. The van der Waals surface area contributed by atoms with Crippen LogP contribution in [0.2, 0.25) is 0 Å². The highest BCUT2D eigenvalue weighted by atomic mass is 31.2. The summed E-state index contributed by atoms with van der Waals surface area (Å²) in [6.07, 6.45) is -8.77. The van der Waals surface area contributed by atoms with Crippen molar-refractivity contribution in [2.45, 2.75) is 103 Å². The van der Waals surface area contributed by atoms with Crippen LogP contribution in [-0.2, 0) is 64.8 Å². The minimum absolute atomic E-state index is 0.0256. The number of carbonyl (C=O) groups excluding carboxylic acids is 2. The topological polar surface area (TPSA) is 300 Å². The molecule has 24 nitrogen and oxygen atoms in total. The number of hydrogen-bond acceptors (Lipinski definition) is 22. The summed E-state index contributed by atoms with van der Waals surface area (Å²) in [5.41, 5.74) is 12.2. The van der Waals surface area contributed by atoms with Gasteiger partial charge in [-0.3, -0.25) is 36.8 Å². The number of carbonyl (C=O) groups is 2. The van der Waals surface area contributed by atoms with Gasteiger partial charge >= 0.3 is 27.6 Å². The Labute approximate surface area is 351 Å². The maximum atomic E-state index is 16.9. The SMILES string of the molecule is CCC(CC)C(=O)OCO[P@@]1(=O)OC[C@H]2O[C@@H](n3cnc4c(N)ncnc43)[C@H](F)[C@@H]2O[P@](=O)(OCOC(=O)C(CC)CC)OC[C@H]2O[C@@H](n3cnc4c(N)ncnc43)[C@H](F)[C@@H]2O1. The molecule has 4 aromatic heterocycles. The maximum Gasteiger partial charge on any atom is 0.478 e. The van der Waals surface area contributed by atoms with Crippen molar-refractivity contribution >= 4 is 61.5 Å². The van der Waals surface area contributed by atoms with Gasteiger partial charge in [0.15, 0.2) is 47.7 Å². The van der Waals surface area contributed by atoms with E-state index in [-0.39, 0.29) is 34.0 Å². The van der Waals surface area contributed by atoms with Crippen molar-refractivity contribution < 1.29 is 73.6 Å². The molecule has 0 spiro atoms. The molecule has 10 atom stereocenters. The molecule has 3 fully saturated rings. The molecule has 4 aromatic rings. The Morgan fingerprint density at radius 2 is 1.08 bits per heavy atom. The van der Waals surface area contributed by atoms with Gasteiger partial charge in [-0.25, -0.2) is 56.9 Å². The van der Waals surface area contributed by atoms with Gasteiger partial charge in [0, 0.05) is 0 Å². The molecule has 62 heavy (non-hydrogen) atoms. The van der Waals surface area contributed by atoms with Gasteiger partial charge in [-0.15, -0.1) is 0 Å². The zero-order valence-corrected chi connectivity index (χ0v) is 35.6. The van der Waals surface area contributed by atoms with Crippen LogP contribution < -0.4 is 11.5 Å². The molecule has 7 rings (SSSR count). The summed E-state index contributed by atoms with van der Waals surface area (Å²) >= 11 is 0. The molecule has 340 valence electrons. The van der Waals surface area contributed by atoms with Crippen LogP contribution in [0.5, 0.6) is 0 Å². The van der Waals surface area contributed by atoms with Gasteiger partial charge < -0.3 is 30.4 Å². The van der Waals surface area contributed by atoms with E-state index < -0.39 is 115 Å². The molecule has 0 aliphatic carbocycles. The summed E-state index contributed by atoms with van der Waals surface area (Å²) in [5, 5.41) is 0. The number of aromatic nitrogens is 8. The molecule has 0 radical (unpaired) electrons. The van der Waals surface area contributed by atoms with Crippen molar-refractivity contribution in [2.75, 3.05) is 38.3 Å². The highest BCUT2D eigenvalue weighted by Gasteiger charge is 2.56. The number of alkyl halides is 2. The first kappa shape index (κ1) is 45.7. The number of rotatable bonds is 14. The van der Waals surface area contributed by atoms with E-state index >= 15 is 8.78 Å². The van der Waals surface area contributed by atoms with Crippen LogP contribution in [0.3, 0.4) is 0 Å². The van der Waals surface area contributed by atoms with E-state index in [1.807, 2.05) is 0 Å². The number of hydrogen-bond donors (Lipinski definition) is 2. The van der Waals surface area contributed by atoms with Gasteiger partial charge in [0.05, 0.1) is 37.7 Å². The number of nitrogens with zero attached hydrogens (tertiary/aromatic N) is 8. The second-order valence-corrected chi connectivity index (χ2v) is 17.5. The number of nitrogen functional groups attached to an aromatic ring is 2. The van der Waals surface area contributed by atoms with Crippen LogP contribution in [-0.4, -0.2) is 115 Å². The minimum atomic E-state index is -5.10. The Morgan fingerprint density at radius 3 is 1.45 bits per heavy atom. The Kier molecular flexibility index (Phi) is 14.1. The molecule has 3 aliphatic rings. The van der Waals surface area contributed by atoms with Gasteiger partial charge in [-0.2, -0.15) is 0 Å². The molecule has 28 heteroatoms. The summed E-state index contributed by atoms with van der Waals surface area (Å²) in [7, 11) is -10.2. The van der Waals surface area contributed by atoms with Crippen molar-refractivity contribution in [1.29, 1.82) is 0 Å². The van der Waals surface area contributed by atoms with Crippen LogP contribution in [0.4, 0.5) is 20.4 Å². The molecule has 7 heterocycles. The quantitative estimate of drug-likeness (QED) is 0.101. The lowest BCUT2D eigenvalue weighted by Crippen LogP contribution is -2.38. The third kappa shape index (κ3) is 9.30. The number of imidazole rings is 2. The van der Waals surface area contributed by atoms with Crippen LogP contribution in [0.1, 0.15) is 65.8 Å². The number of anilines is 2. The van der Waals surface area contributed by atoms with Crippen molar-refractivity contribution in [3.8, 4) is 0 Å². The molecule has 0 unspecified atom stereocenters. The summed E-state index contributed by atoms with van der Waals surface area (Å²) in [4.78, 5) is 49.8. The first-order valence-corrected chi connectivity index (χ1v) is 22.6. The summed E-state index contributed by atoms with van der Waals surface area (Å²) < 4.78 is 122. The van der Waals surface area contributed by atoms with Gasteiger partial charge in [0.1, 0.15) is 48.1 Å². The van der Waals surface area contributed by atoms with Crippen LogP contribution >= 0.6 is 15.6 Å². The number of phosphoric ester groups is 2. The van der Waals surface area contributed by atoms with Crippen LogP contribution in [0.25, 0.3) is 22.3 Å². The predicted molar refractivity (Wildman–Crippen MR) is 206 cm³/mol. The smallest absolute Gasteiger partial charge is 0.438 e. The Morgan fingerprint density at radius 1 is 0.694 bits per heavy atom. The van der Waals surface area contributed by atoms with E-state index in [4.69, 9.17) is 57.6 Å². The Balaban J connectivity index is 1.23. The highest BCUT2D eigenvalue weighted by Crippen LogP contribution is 2.58. The van der Waals surface area contributed by atoms with Gasteiger partial charge in [0.25, 0.3) is 0 Å². The van der Waals surface area contributed by atoms with E-state index in [1.54, 1.807) is 27.7 Å². The molecule has 3 aliphatic heterocycles. The van der Waals surface area contributed by atoms with Gasteiger partial charge in [0.2, 0.25) is 13.6 Å². The lowest BCUT2D eigenvalue weighted by Gasteiger charge is -2.30. The summed E-state index contributed by atoms with van der Waals surface area (Å²) in [5.74, 6) is -2.46. The fourth-order valence-electron chi connectivity index (χ4n) is 7.07. The number of phosphoric acid groups is 2. The third-order valence-corrected chi connectivity index (χ3v) is 13.4. The first-order valence-electron chi connectivity index (χ1n) is 19.7. The molecule has 0 bridgehead atoms. The monoisotopic (exact) mass is 918 g/mol.